The van der Waals surface area contributed by atoms with Crippen LogP contribution in [0.5, 0.6) is 5.75 Å². The van der Waals surface area contributed by atoms with Crippen molar-refractivity contribution < 1.29 is 9.53 Å². The highest BCUT2D eigenvalue weighted by Gasteiger charge is 2.20. The molecule has 3 rings (SSSR count). The van der Waals surface area contributed by atoms with Crippen LogP contribution in [0, 0.1) is 5.92 Å². The molecule has 1 N–H and O–H groups in total. The number of likely N-dealkylation sites (tertiary alicyclic amines) is 1. The summed E-state index contributed by atoms with van der Waals surface area (Å²) in [6, 6.07) is 7.45. The molecule has 2 amide bonds. The van der Waals surface area contributed by atoms with Crippen molar-refractivity contribution in [3.8, 4) is 5.75 Å². The molecule has 1 aliphatic rings. The predicted octanol–water partition coefficient (Wildman–Crippen LogP) is 3.99. The molecule has 23 heavy (non-hydrogen) atoms. The van der Waals surface area contributed by atoms with E-state index in [1.165, 1.54) is 6.42 Å². The van der Waals surface area contributed by atoms with Crippen molar-refractivity contribution in [2.75, 3.05) is 18.4 Å². The van der Waals surface area contributed by atoms with E-state index in [9.17, 15) is 4.79 Å². The number of hydrogen-bond acceptors (Lipinski definition) is 4. The highest BCUT2D eigenvalue weighted by molar-refractivity contribution is 7.07. The third-order valence-corrected chi connectivity index (χ3v) is 4.54. The average molecular weight is 331 g/mol. The van der Waals surface area contributed by atoms with Crippen molar-refractivity contribution in [1.82, 2.24) is 9.88 Å². The Labute approximate surface area is 140 Å². The smallest absolute Gasteiger partial charge is 0.321 e. The molecule has 122 valence electrons. The number of nitrogens with one attached hydrogen (secondary N) is 1. The number of aromatic nitrogens is 1. The van der Waals surface area contributed by atoms with Gasteiger partial charge in [0.1, 0.15) is 12.4 Å². The first-order valence-electron chi connectivity index (χ1n) is 7.86. The van der Waals surface area contributed by atoms with Gasteiger partial charge in [-0.25, -0.2) is 9.78 Å². The summed E-state index contributed by atoms with van der Waals surface area (Å²) in [5.41, 5.74) is 3.45. The topological polar surface area (TPSA) is 54.5 Å². The van der Waals surface area contributed by atoms with E-state index in [4.69, 9.17) is 4.74 Å². The van der Waals surface area contributed by atoms with E-state index < -0.39 is 0 Å². The summed E-state index contributed by atoms with van der Waals surface area (Å²) < 4.78 is 5.71. The molecule has 2 aromatic rings. The number of anilines is 1. The van der Waals surface area contributed by atoms with Crippen molar-refractivity contribution in [3.63, 3.8) is 0 Å². The van der Waals surface area contributed by atoms with Crippen molar-refractivity contribution in [2.45, 2.75) is 26.4 Å². The maximum atomic E-state index is 12.3. The largest absolute Gasteiger partial charge is 0.487 e. The number of rotatable bonds is 4. The number of ether oxygens (including phenoxy) is 1. The van der Waals surface area contributed by atoms with Crippen LogP contribution >= 0.6 is 11.3 Å². The normalized spacial score (nSPS) is 17.8. The average Bonchev–Trinajstić information content (AvgIpc) is 3.07. The van der Waals surface area contributed by atoms with Gasteiger partial charge in [-0.2, -0.15) is 0 Å². The second-order valence-electron chi connectivity index (χ2n) is 5.92. The number of nitrogens with zero attached hydrogens (tertiary/aromatic N) is 2. The number of piperidine rings is 1. The van der Waals surface area contributed by atoms with Crippen molar-refractivity contribution in [2.24, 2.45) is 5.92 Å². The third-order valence-electron chi connectivity index (χ3n) is 3.90. The summed E-state index contributed by atoms with van der Waals surface area (Å²) in [5, 5.41) is 4.92. The van der Waals surface area contributed by atoms with Crippen molar-refractivity contribution in [1.29, 1.82) is 0 Å². The van der Waals surface area contributed by atoms with Crippen LogP contribution < -0.4 is 10.1 Å². The quantitative estimate of drug-likeness (QED) is 0.922. The van der Waals surface area contributed by atoms with Crippen LogP contribution in [0.25, 0.3) is 0 Å². The molecular formula is C17H21N3O2S. The maximum Gasteiger partial charge on any atom is 0.321 e. The second kappa shape index (κ2) is 7.46. The summed E-state index contributed by atoms with van der Waals surface area (Å²) in [6.45, 7) is 4.28. The molecule has 2 heterocycles. The minimum Gasteiger partial charge on any atom is -0.487 e. The molecule has 1 saturated heterocycles. The first kappa shape index (κ1) is 15.8. The van der Waals surface area contributed by atoms with Gasteiger partial charge in [0.25, 0.3) is 0 Å². The number of carbonyl (C=O) groups is 1. The first-order chi connectivity index (χ1) is 11.2. The zero-order valence-electron chi connectivity index (χ0n) is 13.2. The number of hydrogen-bond donors (Lipinski definition) is 1. The summed E-state index contributed by atoms with van der Waals surface area (Å²) in [4.78, 5) is 18.4. The number of thiazole rings is 1. The van der Waals surface area contributed by atoms with E-state index in [1.807, 2.05) is 34.5 Å². The Morgan fingerprint density at radius 1 is 1.52 bits per heavy atom. The van der Waals surface area contributed by atoms with Crippen LogP contribution in [0.1, 0.15) is 25.5 Å². The highest BCUT2D eigenvalue weighted by atomic mass is 32.1. The maximum absolute atomic E-state index is 12.3. The zero-order valence-corrected chi connectivity index (χ0v) is 14.0. The van der Waals surface area contributed by atoms with Crippen molar-refractivity contribution in [3.05, 3.63) is 40.8 Å². The number of carbonyl (C=O) groups excluding carboxylic acids is 1. The Balaban J connectivity index is 1.57. The van der Waals surface area contributed by atoms with Gasteiger partial charge in [0.05, 0.1) is 11.2 Å². The molecular weight excluding hydrogens is 310 g/mol. The van der Waals surface area contributed by atoms with Gasteiger partial charge in [-0.1, -0.05) is 13.0 Å². The predicted molar refractivity (Wildman–Crippen MR) is 91.9 cm³/mol. The monoisotopic (exact) mass is 331 g/mol. The first-order valence-corrected chi connectivity index (χ1v) is 8.81. The summed E-state index contributed by atoms with van der Waals surface area (Å²) in [7, 11) is 0. The summed E-state index contributed by atoms with van der Waals surface area (Å²) in [6.07, 6.45) is 2.27. The Morgan fingerprint density at radius 2 is 2.43 bits per heavy atom. The van der Waals surface area contributed by atoms with Gasteiger partial charge in [0.15, 0.2) is 0 Å². The van der Waals surface area contributed by atoms with E-state index in [-0.39, 0.29) is 6.03 Å². The Kier molecular flexibility index (Phi) is 5.12. The summed E-state index contributed by atoms with van der Waals surface area (Å²) >= 11 is 1.55. The van der Waals surface area contributed by atoms with Gasteiger partial charge in [-0.3, -0.25) is 0 Å². The molecule has 0 unspecified atom stereocenters. The van der Waals surface area contributed by atoms with Gasteiger partial charge in [-0.15, -0.1) is 11.3 Å². The lowest BCUT2D eigenvalue weighted by molar-refractivity contribution is 0.182. The molecule has 0 bridgehead atoms. The minimum absolute atomic E-state index is 0.0341. The fraction of sp³-hybridized carbons (Fsp3) is 0.412. The van der Waals surface area contributed by atoms with Gasteiger partial charge in [0, 0.05) is 30.2 Å². The van der Waals surface area contributed by atoms with Gasteiger partial charge < -0.3 is 15.0 Å². The lowest BCUT2D eigenvalue weighted by atomic mass is 10.0. The molecule has 5 nitrogen and oxygen atoms in total. The van der Waals surface area contributed by atoms with Gasteiger partial charge >= 0.3 is 6.03 Å². The van der Waals surface area contributed by atoms with Crippen LogP contribution in [0.3, 0.4) is 0 Å². The van der Waals surface area contributed by atoms with E-state index in [2.05, 4.69) is 17.2 Å². The molecule has 6 heteroatoms. The SMILES string of the molecule is C[C@@H]1CCCN(C(=O)Nc2cccc(OCc3cscn3)c2)C1. The minimum atomic E-state index is -0.0341. The fourth-order valence-corrected chi connectivity index (χ4v) is 3.25. The van der Waals surface area contributed by atoms with Gasteiger partial charge in [0.2, 0.25) is 0 Å². The van der Waals surface area contributed by atoms with E-state index >= 15 is 0 Å². The molecule has 1 aliphatic heterocycles. The molecule has 0 aliphatic carbocycles. The molecule has 0 saturated carbocycles. The highest BCUT2D eigenvalue weighted by Crippen LogP contribution is 2.21. The van der Waals surface area contributed by atoms with Crippen LogP contribution in [-0.2, 0) is 6.61 Å². The molecule has 0 spiro atoms. The number of urea groups is 1. The van der Waals surface area contributed by atoms with E-state index in [0.29, 0.717) is 12.5 Å². The standard InChI is InChI=1S/C17H21N3O2S/c1-13-4-3-7-20(9-13)17(21)19-14-5-2-6-16(8-14)22-10-15-11-23-12-18-15/h2,5-6,8,11-13H,3-4,7,9-10H2,1H3,(H,19,21)/t13-/m1/s1. The Bertz CT molecular complexity index is 645. The molecule has 1 fully saturated rings. The van der Waals surface area contributed by atoms with Gasteiger partial charge in [-0.05, 0) is 30.9 Å². The zero-order chi connectivity index (χ0) is 16.1. The van der Waals surface area contributed by atoms with E-state index in [0.717, 1.165) is 36.6 Å². The lowest BCUT2D eigenvalue weighted by Crippen LogP contribution is -2.41. The second-order valence-corrected chi connectivity index (χ2v) is 6.64. The Hall–Kier alpha value is -2.08. The lowest BCUT2D eigenvalue weighted by Gasteiger charge is -2.30. The molecule has 1 atom stereocenters. The van der Waals surface area contributed by atoms with Crippen molar-refractivity contribution >= 4 is 23.1 Å². The van der Waals surface area contributed by atoms with Crippen LogP contribution in [0.15, 0.2) is 35.2 Å². The molecule has 1 aromatic heterocycles. The number of benzene rings is 1. The van der Waals surface area contributed by atoms with E-state index in [1.54, 1.807) is 16.8 Å². The molecule has 0 radical (unpaired) electrons. The van der Waals surface area contributed by atoms with Crippen LogP contribution in [-0.4, -0.2) is 29.0 Å². The number of amides is 2. The summed E-state index contributed by atoms with van der Waals surface area (Å²) in [5.74, 6) is 1.30. The third kappa shape index (κ3) is 4.45. The van der Waals surface area contributed by atoms with Crippen LogP contribution in [0.2, 0.25) is 0 Å². The fourth-order valence-electron chi connectivity index (χ4n) is 2.71. The molecule has 1 aromatic carbocycles. The Morgan fingerprint density at radius 3 is 3.22 bits per heavy atom. The van der Waals surface area contributed by atoms with Crippen LogP contribution in [0.4, 0.5) is 10.5 Å².